The Morgan fingerprint density at radius 1 is 1.03 bits per heavy atom. The van der Waals surface area contributed by atoms with E-state index >= 15 is 0 Å². The molecule has 0 aliphatic heterocycles. The zero-order valence-corrected chi connectivity index (χ0v) is 17.1. The Morgan fingerprint density at radius 2 is 1.79 bits per heavy atom. The maximum absolute atomic E-state index is 12.6. The number of aromatic amines is 1. The van der Waals surface area contributed by atoms with Gasteiger partial charge in [-0.1, -0.05) is 48.6 Å². The number of rotatable bonds is 4. The Morgan fingerprint density at radius 3 is 2.59 bits per heavy atom. The molecule has 0 radical (unpaired) electrons. The molecule has 0 fully saturated rings. The molecule has 0 saturated heterocycles. The van der Waals surface area contributed by atoms with Crippen LogP contribution in [0.3, 0.4) is 0 Å². The molecular formula is C24H21N3OS. The number of hydrogen-bond acceptors (Lipinski definition) is 3. The first-order valence-corrected chi connectivity index (χ1v) is 9.98. The average molecular weight is 400 g/mol. The van der Waals surface area contributed by atoms with Gasteiger partial charge >= 0.3 is 0 Å². The van der Waals surface area contributed by atoms with Crippen LogP contribution in [0.15, 0.2) is 71.7 Å². The number of para-hydroxylation sites is 1. The summed E-state index contributed by atoms with van der Waals surface area (Å²) in [4.78, 5) is 20.4. The molecule has 3 aromatic carbocycles. The Hall–Kier alpha value is -3.31. The minimum Gasteiger partial charge on any atom is -0.381 e. The number of benzene rings is 2. The molecule has 5 heteroatoms. The molecule has 4 aromatic rings. The molecule has 1 aromatic heterocycles. The van der Waals surface area contributed by atoms with Crippen molar-refractivity contribution in [2.45, 2.75) is 19.9 Å². The lowest BCUT2D eigenvalue weighted by Crippen LogP contribution is -2.09. The van der Waals surface area contributed by atoms with Crippen LogP contribution < -0.4 is 10.7 Å². The molecule has 0 bridgehead atoms. The zero-order chi connectivity index (χ0) is 20.4. The van der Waals surface area contributed by atoms with E-state index in [4.69, 9.17) is 12.2 Å². The number of thiocarbonyl (C=S) groups is 1. The van der Waals surface area contributed by atoms with Gasteiger partial charge in [-0.2, -0.15) is 0 Å². The Labute approximate surface area is 174 Å². The van der Waals surface area contributed by atoms with Crippen molar-refractivity contribution in [2.75, 3.05) is 5.32 Å². The third kappa shape index (κ3) is 3.96. The van der Waals surface area contributed by atoms with Gasteiger partial charge in [-0.15, -0.1) is 0 Å². The lowest BCUT2D eigenvalue weighted by atomic mass is 10.1. The van der Waals surface area contributed by atoms with Gasteiger partial charge < -0.3 is 10.3 Å². The Bertz CT molecular complexity index is 1300. The van der Waals surface area contributed by atoms with Gasteiger partial charge in [0.05, 0.1) is 16.6 Å². The summed E-state index contributed by atoms with van der Waals surface area (Å²) in [5.41, 5.74) is 4.38. The van der Waals surface area contributed by atoms with Crippen molar-refractivity contribution in [3.8, 4) is 0 Å². The number of carbonyl (C=O) groups excluding carboxylic acids is 1. The van der Waals surface area contributed by atoms with Crippen molar-refractivity contribution in [3.05, 3.63) is 83.2 Å². The van der Waals surface area contributed by atoms with E-state index in [1.54, 1.807) is 17.5 Å². The standard InChI is InChI=1S/C24H21N3OS/c1-15(2)25-21-11-5-10-20-19-9-4-8-18(13-22(19)27-23(20)21)26-24(28)17-7-3-6-16(12-17)14-29/h3-15,25,27H,1-2H3. The normalized spacial score (nSPS) is 11.9. The average Bonchev–Trinajstić information content (AvgIpc) is 2.93. The quantitative estimate of drug-likeness (QED) is 0.462. The highest BCUT2D eigenvalue weighted by Crippen LogP contribution is 2.29. The second kappa shape index (κ2) is 7.97. The summed E-state index contributed by atoms with van der Waals surface area (Å²) in [6.45, 7) is 4.23. The van der Waals surface area contributed by atoms with E-state index in [0.29, 0.717) is 17.0 Å². The first kappa shape index (κ1) is 19.0. The topological polar surface area (TPSA) is 57.2 Å². The fourth-order valence-electron chi connectivity index (χ4n) is 3.42. The minimum absolute atomic E-state index is 0.290. The zero-order valence-electron chi connectivity index (χ0n) is 16.3. The summed E-state index contributed by atoms with van der Waals surface area (Å²) < 4.78 is 0. The number of nitrogens with zero attached hydrogens (tertiary/aromatic N) is 1. The summed E-state index contributed by atoms with van der Waals surface area (Å²) in [6.07, 6.45) is 0. The van der Waals surface area contributed by atoms with Crippen molar-refractivity contribution in [1.82, 2.24) is 4.98 Å². The van der Waals surface area contributed by atoms with Crippen LogP contribution in [0.2, 0.25) is 0 Å². The molecular weight excluding hydrogens is 378 g/mol. The Kier molecular flexibility index (Phi) is 5.23. The molecule has 29 heavy (non-hydrogen) atoms. The lowest BCUT2D eigenvalue weighted by Gasteiger charge is -2.10. The smallest absolute Gasteiger partial charge is 0.277 e. The molecule has 4 rings (SSSR count). The van der Waals surface area contributed by atoms with Gasteiger partial charge in [-0.05, 0) is 49.7 Å². The van der Waals surface area contributed by atoms with Crippen LogP contribution in [0.25, 0.3) is 21.8 Å². The molecule has 0 aliphatic rings. The summed E-state index contributed by atoms with van der Waals surface area (Å²) in [6, 6.07) is 21.4. The number of amides is 1. The summed E-state index contributed by atoms with van der Waals surface area (Å²) in [7, 11) is 0. The highest BCUT2D eigenvalue weighted by Gasteiger charge is 2.09. The van der Waals surface area contributed by atoms with Crippen LogP contribution in [0.5, 0.6) is 0 Å². The van der Waals surface area contributed by atoms with E-state index < -0.39 is 0 Å². The third-order valence-electron chi connectivity index (χ3n) is 4.67. The van der Waals surface area contributed by atoms with Gasteiger partial charge in [0.1, 0.15) is 0 Å². The van der Waals surface area contributed by atoms with Crippen LogP contribution >= 0.6 is 12.2 Å². The molecule has 144 valence electrons. The first-order chi connectivity index (χ1) is 14.0. The van der Waals surface area contributed by atoms with E-state index in [0.717, 1.165) is 33.1 Å². The van der Waals surface area contributed by atoms with Gasteiger partial charge in [-0.3, -0.25) is 4.79 Å². The first-order valence-electron chi connectivity index (χ1n) is 9.51. The van der Waals surface area contributed by atoms with E-state index in [2.05, 4.69) is 41.3 Å². The lowest BCUT2D eigenvalue weighted by molar-refractivity contribution is 0.0998. The van der Waals surface area contributed by atoms with Crippen molar-refractivity contribution in [2.24, 2.45) is 4.99 Å². The number of hydrogen-bond donors (Lipinski definition) is 2. The largest absolute Gasteiger partial charge is 0.381 e. The van der Waals surface area contributed by atoms with E-state index in [9.17, 15) is 4.79 Å². The van der Waals surface area contributed by atoms with Crippen molar-refractivity contribution in [1.29, 1.82) is 0 Å². The van der Waals surface area contributed by atoms with Gasteiger partial charge in [0.2, 0.25) is 0 Å². The van der Waals surface area contributed by atoms with Crippen LogP contribution in [-0.4, -0.2) is 22.3 Å². The van der Waals surface area contributed by atoms with E-state index in [1.807, 2.05) is 42.5 Å². The minimum atomic E-state index is -0.290. The van der Waals surface area contributed by atoms with Gasteiger partial charge in [0, 0.05) is 33.3 Å². The van der Waals surface area contributed by atoms with Crippen LogP contribution in [0, 0.1) is 0 Å². The SMILES string of the molecule is CC(C)Nc1cccc2c1[nH]c1cc(=NC(=O)c3cccc(C=S)c3)cccc12. The molecule has 0 unspecified atom stereocenters. The predicted molar refractivity (Wildman–Crippen MR) is 124 cm³/mol. The fourth-order valence-corrected chi connectivity index (χ4v) is 3.57. The number of H-pyrrole nitrogens is 1. The number of carbonyl (C=O) groups is 1. The Balaban J connectivity index is 1.84. The van der Waals surface area contributed by atoms with Gasteiger partial charge in [-0.25, -0.2) is 4.99 Å². The number of fused-ring (bicyclic) bond motifs is 3. The summed E-state index contributed by atoms with van der Waals surface area (Å²) in [5.74, 6) is -0.290. The van der Waals surface area contributed by atoms with E-state index in [1.165, 1.54) is 0 Å². The van der Waals surface area contributed by atoms with Crippen LogP contribution in [0.1, 0.15) is 29.8 Å². The number of anilines is 1. The number of aromatic nitrogens is 1. The summed E-state index contributed by atoms with van der Waals surface area (Å²) >= 11 is 4.95. The molecule has 1 heterocycles. The van der Waals surface area contributed by atoms with Crippen molar-refractivity contribution in [3.63, 3.8) is 0 Å². The monoisotopic (exact) mass is 399 g/mol. The molecule has 4 nitrogen and oxygen atoms in total. The number of nitrogens with one attached hydrogen (secondary N) is 2. The predicted octanol–water partition coefficient (Wildman–Crippen LogP) is 5.23. The molecule has 0 saturated carbocycles. The molecule has 2 N–H and O–H groups in total. The third-order valence-corrected chi connectivity index (χ3v) is 4.94. The van der Waals surface area contributed by atoms with Crippen molar-refractivity contribution < 1.29 is 4.79 Å². The second-order valence-corrected chi connectivity index (χ2v) is 7.47. The molecule has 0 spiro atoms. The summed E-state index contributed by atoms with van der Waals surface area (Å²) in [5, 5.41) is 7.85. The van der Waals surface area contributed by atoms with Crippen LogP contribution in [0.4, 0.5) is 5.69 Å². The fraction of sp³-hybridized carbons (Fsp3) is 0.125. The van der Waals surface area contributed by atoms with Gasteiger partial charge in [0.25, 0.3) is 5.91 Å². The second-order valence-electron chi connectivity index (χ2n) is 7.23. The van der Waals surface area contributed by atoms with Crippen molar-refractivity contribution >= 4 is 51.0 Å². The highest BCUT2D eigenvalue weighted by molar-refractivity contribution is 7.79. The van der Waals surface area contributed by atoms with Crippen LogP contribution in [-0.2, 0) is 0 Å². The molecule has 0 aliphatic carbocycles. The maximum Gasteiger partial charge on any atom is 0.277 e. The van der Waals surface area contributed by atoms with E-state index in [-0.39, 0.29) is 5.91 Å². The molecule has 1 amide bonds. The maximum atomic E-state index is 12.6. The van der Waals surface area contributed by atoms with Gasteiger partial charge in [0.15, 0.2) is 0 Å². The molecule has 0 atom stereocenters. The highest BCUT2D eigenvalue weighted by atomic mass is 32.1.